The Labute approximate surface area is 190 Å². The van der Waals surface area contributed by atoms with E-state index in [0.717, 1.165) is 6.42 Å². The maximum absolute atomic E-state index is 13.1. The number of hydrogen-bond acceptors (Lipinski definition) is 9. The smallest absolute Gasteiger partial charge is 0.338 e. The number of fused-ring (bicyclic) bond motifs is 1. The number of esters is 1. The molecule has 31 heavy (non-hydrogen) atoms. The fourth-order valence-electron chi connectivity index (χ4n) is 3.55. The summed E-state index contributed by atoms with van der Waals surface area (Å²) in [4.78, 5) is 19.7. The van der Waals surface area contributed by atoms with Crippen LogP contribution < -0.4 is 15.2 Å². The van der Waals surface area contributed by atoms with Crippen LogP contribution in [0.5, 0.6) is 11.5 Å². The Morgan fingerprint density at radius 3 is 2.68 bits per heavy atom. The maximum atomic E-state index is 13.1. The highest BCUT2D eigenvalue weighted by Crippen LogP contribution is 2.48. The molecule has 164 valence electrons. The zero-order valence-corrected chi connectivity index (χ0v) is 19.3. The summed E-state index contributed by atoms with van der Waals surface area (Å²) in [6, 6.07) is 4.84. The molecule has 0 spiro atoms. The lowest BCUT2D eigenvalue weighted by molar-refractivity contribution is -0.139. The number of nitrogens with two attached hydrogens (primary N) is 1. The Morgan fingerprint density at radius 2 is 2.10 bits per heavy atom. The number of thioether (sulfide) groups is 1. The fraction of sp³-hybridized carbons (Fsp3) is 0.381. The number of hydrogen-bond donors (Lipinski definition) is 1. The van der Waals surface area contributed by atoms with E-state index in [4.69, 9.17) is 31.5 Å². The molecule has 0 amide bonds. The number of carbonyl (C=O) groups is 1. The average molecular weight is 463 g/mol. The first kappa shape index (κ1) is 22.8. The standard InChI is InChI=1S/C21H23ClN4O4S/c1-5-7-13-16(20(27)30-6-2)17(26-19(24)15(10-23)31-21(26)25-13)11-8-12(22)18(29-4)14(9-11)28-3/h8-9,17H,5-7,24H2,1-4H3/t17-/m1/s1. The summed E-state index contributed by atoms with van der Waals surface area (Å²) >= 11 is 7.64. The average Bonchev–Trinajstić information content (AvgIpc) is 3.07. The third kappa shape index (κ3) is 4.05. The molecule has 0 aromatic heterocycles. The van der Waals surface area contributed by atoms with Crippen molar-refractivity contribution in [2.45, 2.75) is 32.7 Å². The van der Waals surface area contributed by atoms with Crippen LogP contribution in [0.25, 0.3) is 0 Å². The number of carbonyl (C=O) groups excluding carboxylic acids is 1. The van der Waals surface area contributed by atoms with Gasteiger partial charge in [-0.3, -0.25) is 4.90 Å². The Morgan fingerprint density at radius 1 is 1.35 bits per heavy atom. The number of benzene rings is 1. The Hall–Kier alpha value is -2.83. The number of halogens is 1. The van der Waals surface area contributed by atoms with Gasteiger partial charge >= 0.3 is 5.97 Å². The molecule has 1 aromatic rings. The van der Waals surface area contributed by atoms with Gasteiger partial charge in [0, 0.05) is 0 Å². The quantitative estimate of drug-likeness (QED) is 0.603. The van der Waals surface area contributed by atoms with E-state index in [-0.39, 0.29) is 12.4 Å². The molecule has 3 rings (SSSR count). The van der Waals surface area contributed by atoms with Gasteiger partial charge in [-0.2, -0.15) is 5.26 Å². The SMILES string of the molecule is CCCC1=C(C(=O)OCC)[C@@H](c2cc(Cl)c(OC)c(OC)c2)N2C(=N1)SC(C#N)=C2N. The number of nitrogens with zero attached hydrogens (tertiary/aromatic N) is 3. The van der Waals surface area contributed by atoms with Crippen LogP contribution in [0.1, 0.15) is 38.3 Å². The molecular weight excluding hydrogens is 440 g/mol. The zero-order chi connectivity index (χ0) is 22.7. The molecule has 2 heterocycles. The molecule has 1 atom stereocenters. The second kappa shape index (κ2) is 9.54. The van der Waals surface area contributed by atoms with E-state index in [1.54, 1.807) is 24.0 Å². The highest BCUT2D eigenvalue weighted by molar-refractivity contribution is 8.17. The van der Waals surface area contributed by atoms with E-state index in [2.05, 4.69) is 11.1 Å². The molecular formula is C21H23ClN4O4S. The van der Waals surface area contributed by atoms with Crippen molar-refractivity contribution in [3.05, 3.63) is 44.7 Å². The molecule has 2 aliphatic rings. The largest absolute Gasteiger partial charge is 0.493 e. The van der Waals surface area contributed by atoms with Crippen LogP contribution in [0.2, 0.25) is 5.02 Å². The van der Waals surface area contributed by atoms with Crippen molar-refractivity contribution in [1.29, 1.82) is 5.26 Å². The van der Waals surface area contributed by atoms with Gasteiger partial charge in [-0.1, -0.05) is 24.9 Å². The molecule has 0 bridgehead atoms. The van der Waals surface area contributed by atoms with E-state index >= 15 is 0 Å². The van der Waals surface area contributed by atoms with Gasteiger partial charge in [0.25, 0.3) is 0 Å². The van der Waals surface area contributed by atoms with E-state index in [1.807, 2.05) is 6.92 Å². The zero-order valence-electron chi connectivity index (χ0n) is 17.7. The lowest BCUT2D eigenvalue weighted by Gasteiger charge is -2.35. The first-order chi connectivity index (χ1) is 14.9. The van der Waals surface area contributed by atoms with Crippen molar-refractivity contribution < 1.29 is 19.0 Å². The monoisotopic (exact) mass is 462 g/mol. The van der Waals surface area contributed by atoms with Crippen LogP contribution in [0.4, 0.5) is 0 Å². The van der Waals surface area contributed by atoms with Gasteiger partial charge in [0.2, 0.25) is 0 Å². The molecule has 0 aliphatic carbocycles. The highest BCUT2D eigenvalue weighted by atomic mass is 35.5. The minimum Gasteiger partial charge on any atom is -0.493 e. The predicted molar refractivity (Wildman–Crippen MR) is 120 cm³/mol. The van der Waals surface area contributed by atoms with Crippen LogP contribution in [0.15, 0.2) is 39.1 Å². The van der Waals surface area contributed by atoms with Gasteiger partial charge in [-0.15, -0.1) is 0 Å². The first-order valence-electron chi connectivity index (χ1n) is 9.68. The van der Waals surface area contributed by atoms with Crippen LogP contribution >= 0.6 is 23.4 Å². The lowest BCUT2D eigenvalue weighted by Crippen LogP contribution is -2.39. The number of amidine groups is 1. The summed E-state index contributed by atoms with van der Waals surface area (Å²) in [5.74, 6) is 0.515. The van der Waals surface area contributed by atoms with Crippen LogP contribution in [-0.2, 0) is 9.53 Å². The Bertz CT molecular complexity index is 1040. The number of rotatable bonds is 7. The van der Waals surface area contributed by atoms with Crippen molar-refractivity contribution in [3.8, 4) is 17.6 Å². The van der Waals surface area contributed by atoms with Crippen molar-refractivity contribution in [2.75, 3.05) is 20.8 Å². The number of methoxy groups -OCH3 is 2. The van der Waals surface area contributed by atoms with Gasteiger partial charge in [0.1, 0.15) is 16.8 Å². The molecule has 0 saturated heterocycles. The Kier molecular flexibility index (Phi) is 7.03. The fourth-order valence-corrected chi connectivity index (χ4v) is 4.74. The summed E-state index contributed by atoms with van der Waals surface area (Å²) in [6.07, 6.45) is 1.33. The predicted octanol–water partition coefficient (Wildman–Crippen LogP) is 4.09. The normalized spacial score (nSPS) is 17.9. The van der Waals surface area contributed by atoms with Crippen molar-refractivity contribution in [3.63, 3.8) is 0 Å². The summed E-state index contributed by atoms with van der Waals surface area (Å²) in [5, 5.41) is 10.4. The first-order valence-corrected chi connectivity index (χ1v) is 10.9. The van der Waals surface area contributed by atoms with E-state index in [9.17, 15) is 10.1 Å². The van der Waals surface area contributed by atoms with Crippen molar-refractivity contribution in [1.82, 2.24) is 4.90 Å². The molecule has 10 heteroatoms. The second-order valence-corrected chi connectivity index (χ2v) is 8.05. The lowest BCUT2D eigenvalue weighted by atomic mass is 9.92. The van der Waals surface area contributed by atoms with Crippen LogP contribution in [0.3, 0.4) is 0 Å². The minimum absolute atomic E-state index is 0.210. The third-order valence-corrected chi connectivity index (χ3v) is 6.08. The Balaban J connectivity index is 2.29. The summed E-state index contributed by atoms with van der Waals surface area (Å²) in [5.41, 5.74) is 7.90. The molecule has 0 saturated carbocycles. The maximum Gasteiger partial charge on any atom is 0.338 e. The van der Waals surface area contributed by atoms with Crippen molar-refractivity contribution >= 4 is 34.5 Å². The number of aliphatic imine (C=N–C) groups is 1. The van der Waals surface area contributed by atoms with Crippen LogP contribution in [-0.4, -0.2) is 36.9 Å². The molecule has 1 aromatic carbocycles. The summed E-state index contributed by atoms with van der Waals surface area (Å²) < 4.78 is 16.2. The topological polar surface area (TPSA) is 110 Å². The van der Waals surface area contributed by atoms with E-state index in [0.29, 0.717) is 49.8 Å². The third-order valence-electron chi connectivity index (χ3n) is 4.82. The molecule has 8 nitrogen and oxygen atoms in total. The molecule has 0 fully saturated rings. The van der Waals surface area contributed by atoms with Gasteiger partial charge in [-0.05, 0) is 42.8 Å². The van der Waals surface area contributed by atoms with Gasteiger partial charge in [0.15, 0.2) is 16.7 Å². The van der Waals surface area contributed by atoms with E-state index in [1.165, 1.54) is 26.0 Å². The second-order valence-electron chi connectivity index (χ2n) is 6.66. The number of allylic oxidation sites excluding steroid dienone is 2. The molecule has 0 radical (unpaired) electrons. The molecule has 2 N–H and O–H groups in total. The number of ether oxygens (including phenoxy) is 3. The summed E-state index contributed by atoms with van der Waals surface area (Å²) in [6.45, 7) is 3.95. The van der Waals surface area contributed by atoms with Crippen LogP contribution in [0, 0.1) is 11.3 Å². The molecule has 0 unspecified atom stereocenters. The van der Waals surface area contributed by atoms with Gasteiger partial charge in [-0.25, -0.2) is 9.79 Å². The van der Waals surface area contributed by atoms with Gasteiger partial charge < -0.3 is 19.9 Å². The molecule has 2 aliphatic heterocycles. The minimum atomic E-state index is -0.691. The van der Waals surface area contributed by atoms with E-state index < -0.39 is 12.0 Å². The summed E-state index contributed by atoms with van der Waals surface area (Å²) in [7, 11) is 3.00. The van der Waals surface area contributed by atoms with Crippen molar-refractivity contribution in [2.24, 2.45) is 10.7 Å². The highest BCUT2D eigenvalue weighted by Gasteiger charge is 2.43. The number of nitriles is 1. The van der Waals surface area contributed by atoms with Gasteiger partial charge in [0.05, 0.1) is 43.2 Å².